The number of hydrogen-bond donors (Lipinski definition) is 2. The topological polar surface area (TPSA) is 78.9 Å². The molecule has 0 saturated carbocycles. The Bertz CT molecular complexity index is 485. The number of imidazole rings is 1. The summed E-state index contributed by atoms with van der Waals surface area (Å²) in [5.41, 5.74) is 0.790. The summed E-state index contributed by atoms with van der Waals surface area (Å²) in [6.07, 6.45) is 4.86. The van der Waals surface area contributed by atoms with Crippen molar-refractivity contribution >= 4 is 17.7 Å². The minimum atomic E-state index is -1.00. The predicted molar refractivity (Wildman–Crippen MR) is 59.3 cm³/mol. The molecule has 2 aromatic rings. The van der Waals surface area contributed by atoms with E-state index in [2.05, 4.69) is 15.0 Å². The highest BCUT2D eigenvalue weighted by Gasteiger charge is 2.11. The molecule has 5 nitrogen and oxygen atoms in total. The number of aromatic amines is 1. The number of hydrogen-bond acceptors (Lipinski definition) is 4. The van der Waals surface area contributed by atoms with Gasteiger partial charge in [-0.1, -0.05) is 17.8 Å². The molecule has 0 aromatic carbocycles. The average molecular weight is 235 g/mol. The van der Waals surface area contributed by atoms with Crippen LogP contribution in [0.2, 0.25) is 0 Å². The zero-order valence-electron chi connectivity index (χ0n) is 8.25. The fraction of sp³-hybridized carbons (Fsp3) is 0.100. The third kappa shape index (κ3) is 2.40. The Morgan fingerprint density at radius 3 is 3.00 bits per heavy atom. The summed E-state index contributed by atoms with van der Waals surface area (Å²) in [7, 11) is 0. The summed E-state index contributed by atoms with van der Waals surface area (Å²) in [5, 5.41) is 9.69. The Morgan fingerprint density at radius 1 is 1.44 bits per heavy atom. The highest BCUT2D eigenvalue weighted by atomic mass is 32.2. The van der Waals surface area contributed by atoms with Gasteiger partial charge in [-0.3, -0.25) is 0 Å². The van der Waals surface area contributed by atoms with E-state index in [0.29, 0.717) is 11.3 Å². The first-order valence-electron chi connectivity index (χ1n) is 4.57. The van der Waals surface area contributed by atoms with Crippen molar-refractivity contribution in [3.63, 3.8) is 0 Å². The number of thioether (sulfide) groups is 1. The zero-order chi connectivity index (χ0) is 11.4. The average Bonchev–Trinajstić information content (AvgIpc) is 2.79. The lowest BCUT2D eigenvalue weighted by Gasteiger charge is -2.02. The molecule has 0 spiro atoms. The number of H-pyrrole nitrogens is 1. The minimum absolute atomic E-state index is 0.0987. The molecule has 6 heteroatoms. The van der Waals surface area contributed by atoms with Crippen LogP contribution in [0.1, 0.15) is 16.1 Å². The molecule has 82 valence electrons. The van der Waals surface area contributed by atoms with Gasteiger partial charge in [0.1, 0.15) is 0 Å². The Hall–Kier alpha value is -1.82. The van der Waals surface area contributed by atoms with Gasteiger partial charge in [-0.2, -0.15) is 0 Å². The molecular formula is C10H9N3O2S. The monoisotopic (exact) mass is 235 g/mol. The lowest BCUT2D eigenvalue weighted by atomic mass is 10.2. The second-order valence-corrected chi connectivity index (χ2v) is 3.96. The van der Waals surface area contributed by atoms with Gasteiger partial charge >= 0.3 is 5.97 Å². The number of rotatable bonds is 4. The molecule has 0 unspecified atom stereocenters. The van der Waals surface area contributed by atoms with Crippen molar-refractivity contribution in [2.45, 2.75) is 10.9 Å². The van der Waals surface area contributed by atoms with Crippen molar-refractivity contribution in [3.8, 4) is 0 Å². The molecule has 0 aliphatic rings. The number of carbonyl (C=O) groups is 1. The first-order chi connectivity index (χ1) is 7.77. The fourth-order valence-corrected chi connectivity index (χ4v) is 2.04. The molecular weight excluding hydrogens is 226 g/mol. The summed E-state index contributed by atoms with van der Waals surface area (Å²) >= 11 is 1.44. The highest BCUT2D eigenvalue weighted by molar-refractivity contribution is 7.98. The van der Waals surface area contributed by atoms with Gasteiger partial charge in [0.2, 0.25) is 0 Å². The zero-order valence-corrected chi connectivity index (χ0v) is 9.07. The van der Waals surface area contributed by atoms with Crippen molar-refractivity contribution in [2.75, 3.05) is 0 Å². The summed E-state index contributed by atoms with van der Waals surface area (Å²) in [5.74, 6) is -0.473. The quantitative estimate of drug-likeness (QED) is 0.790. The summed E-state index contributed by atoms with van der Waals surface area (Å²) < 4.78 is 0. The maximum Gasteiger partial charge on any atom is 0.354 e. The van der Waals surface area contributed by atoms with E-state index in [1.807, 2.05) is 0 Å². The fourth-order valence-electron chi connectivity index (χ4n) is 1.22. The number of nitrogens with one attached hydrogen (secondary N) is 1. The van der Waals surface area contributed by atoms with E-state index >= 15 is 0 Å². The van der Waals surface area contributed by atoms with Gasteiger partial charge in [-0.05, 0) is 11.6 Å². The number of aromatic carboxylic acids is 1. The van der Waals surface area contributed by atoms with Crippen molar-refractivity contribution in [3.05, 3.63) is 42.0 Å². The van der Waals surface area contributed by atoms with Crippen molar-refractivity contribution in [2.24, 2.45) is 0 Å². The van der Waals surface area contributed by atoms with Gasteiger partial charge in [0.05, 0.1) is 0 Å². The van der Waals surface area contributed by atoms with Gasteiger partial charge in [-0.15, -0.1) is 0 Å². The van der Waals surface area contributed by atoms with Crippen LogP contribution < -0.4 is 0 Å². The van der Waals surface area contributed by atoms with Crippen LogP contribution in [0.3, 0.4) is 0 Å². The normalized spacial score (nSPS) is 10.2. The highest BCUT2D eigenvalue weighted by Crippen LogP contribution is 2.20. The molecule has 0 bridgehead atoms. The van der Waals surface area contributed by atoms with Crippen molar-refractivity contribution < 1.29 is 9.90 Å². The summed E-state index contributed by atoms with van der Waals surface area (Å²) in [4.78, 5) is 21.7. The molecule has 0 radical (unpaired) electrons. The van der Waals surface area contributed by atoms with E-state index in [4.69, 9.17) is 5.11 Å². The first kappa shape index (κ1) is 10.7. The molecule has 0 aliphatic carbocycles. The molecule has 2 heterocycles. The number of pyridine rings is 1. The minimum Gasteiger partial charge on any atom is -0.477 e. The van der Waals surface area contributed by atoms with E-state index in [1.54, 1.807) is 24.5 Å². The van der Waals surface area contributed by atoms with E-state index in [0.717, 1.165) is 5.16 Å². The Labute approximate surface area is 95.9 Å². The number of carboxylic acid groups (broad SMARTS) is 1. The van der Waals surface area contributed by atoms with Crippen LogP contribution in [0.5, 0.6) is 0 Å². The Morgan fingerprint density at radius 2 is 2.31 bits per heavy atom. The second-order valence-electron chi connectivity index (χ2n) is 3.00. The standard InChI is InChI=1S/C10H9N3O2S/c14-9(15)8-7(2-1-3-11-8)6-16-10-12-4-5-13-10/h1-5H,6H2,(H,12,13)(H,14,15). The van der Waals surface area contributed by atoms with Crippen LogP contribution in [0, 0.1) is 0 Å². The third-order valence-electron chi connectivity index (χ3n) is 1.93. The van der Waals surface area contributed by atoms with E-state index in [9.17, 15) is 4.79 Å². The van der Waals surface area contributed by atoms with Crippen LogP contribution >= 0.6 is 11.8 Å². The Balaban J connectivity index is 2.12. The van der Waals surface area contributed by atoms with Crippen LogP contribution in [0.25, 0.3) is 0 Å². The SMILES string of the molecule is O=C(O)c1ncccc1CSc1ncc[nH]1. The lowest BCUT2D eigenvalue weighted by Crippen LogP contribution is -2.04. The van der Waals surface area contributed by atoms with Gasteiger partial charge in [-0.25, -0.2) is 14.8 Å². The molecule has 0 amide bonds. The van der Waals surface area contributed by atoms with E-state index in [-0.39, 0.29) is 5.69 Å². The maximum atomic E-state index is 10.9. The molecule has 2 aromatic heterocycles. The van der Waals surface area contributed by atoms with Gasteiger partial charge in [0.15, 0.2) is 10.9 Å². The number of nitrogens with zero attached hydrogens (tertiary/aromatic N) is 2. The molecule has 0 atom stereocenters. The van der Waals surface area contributed by atoms with Crippen LogP contribution in [-0.2, 0) is 5.75 Å². The van der Waals surface area contributed by atoms with Crippen LogP contribution in [-0.4, -0.2) is 26.0 Å². The predicted octanol–water partition coefficient (Wildman–Crippen LogP) is 1.80. The van der Waals surface area contributed by atoms with Gasteiger partial charge in [0, 0.05) is 24.3 Å². The van der Waals surface area contributed by atoms with Crippen molar-refractivity contribution in [1.82, 2.24) is 15.0 Å². The van der Waals surface area contributed by atoms with Gasteiger partial charge < -0.3 is 10.1 Å². The third-order valence-corrected chi connectivity index (χ3v) is 2.88. The van der Waals surface area contributed by atoms with E-state index < -0.39 is 5.97 Å². The smallest absolute Gasteiger partial charge is 0.354 e. The largest absolute Gasteiger partial charge is 0.477 e. The molecule has 2 N–H and O–H groups in total. The first-order valence-corrected chi connectivity index (χ1v) is 5.55. The number of carboxylic acids is 1. The molecule has 0 aliphatic heterocycles. The molecule has 0 fully saturated rings. The van der Waals surface area contributed by atoms with Crippen LogP contribution in [0.4, 0.5) is 0 Å². The van der Waals surface area contributed by atoms with Crippen molar-refractivity contribution in [1.29, 1.82) is 0 Å². The second kappa shape index (κ2) is 4.80. The lowest BCUT2D eigenvalue weighted by molar-refractivity contribution is 0.0689. The molecule has 2 rings (SSSR count). The number of aromatic nitrogens is 3. The maximum absolute atomic E-state index is 10.9. The van der Waals surface area contributed by atoms with Crippen LogP contribution in [0.15, 0.2) is 35.9 Å². The summed E-state index contributed by atoms with van der Waals surface area (Å²) in [6, 6.07) is 3.48. The summed E-state index contributed by atoms with van der Waals surface area (Å²) in [6.45, 7) is 0. The molecule has 0 saturated heterocycles. The van der Waals surface area contributed by atoms with E-state index in [1.165, 1.54) is 18.0 Å². The Kier molecular flexibility index (Phi) is 3.21. The van der Waals surface area contributed by atoms with Gasteiger partial charge in [0.25, 0.3) is 0 Å². The molecule has 16 heavy (non-hydrogen) atoms.